The van der Waals surface area contributed by atoms with Crippen molar-refractivity contribution >= 4 is 0 Å². The third-order valence-electron chi connectivity index (χ3n) is 2.22. The molecule has 1 aromatic carbocycles. The van der Waals surface area contributed by atoms with Crippen molar-refractivity contribution < 1.29 is 5.21 Å². The van der Waals surface area contributed by atoms with Crippen LogP contribution in [0.15, 0.2) is 48.2 Å². The van der Waals surface area contributed by atoms with Crippen LogP contribution in [0, 0.1) is 0 Å². The van der Waals surface area contributed by atoms with Crippen molar-refractivity contribution in [3.8, 4) is 0 Å². The molecule has 0 saturated carbocycles. The summed E-state index contributed by atoms with van der Waals surface area (Å²) in [5, 5.41) is 8.90. The van der Waals surface area contributed by atoms with Crippen LogP contribution in [0.2, 0.25) is 0 Å². The lowest BCUT2D eigenvalue weighted by Crippen LogP contribution is -2.23. The average Bonchev–Trinajstić information content (AvgIpc) is 2.31. The van der Waals surface area contributed by atoms with Crippen molar-refractivity contribution in [1.29, 1.82) is 0 Å². The van der Waals surface area contributed by atoms with Gasteiger partial charge in [-0.3, -0.25) is 0 Å². The van der Waals surface area contributed by atoms with Crippen LogP contribution in [-0.4, -0.2) is 11.2 Å². The van der Waals surface area contributed by atoms with Crippen molar-refractivity contribution in [2.24, 2.45) is 0 Å². The quantitative estimate of drug-likeness (QED) is 0.569. The van der Waals surface area contributed by atoms with E-state index in [2.05, 4.69) is 23.3 Å². The Balaban J connectivity index is 2.44. The SMILES string of the molecule is CC=C=C[C@H](CCc1ccccc1)NO. The van der Waals surface area contributed by atoms with E-state index >= 15 is 0 Å². The fourth-order valence-corrected chi connectivity index (χ4v) is 1.36. The Morgan fingerprint density at radius 2 is 2.13 bits per heavy atom. The molecule has 0 aromatic heterocycles. The van der Waals surface area contributed by atoms with Gasteiger partial charge in [0.15, 0.2) is 0 Å². The second-order valence-corrected chi connectivity index (χ2v) is 3.38. The lowest BCUT2D eigenvalue weighted by molar-refractivity contribution is 0.140. The number of benzene rings is 1. The first kappa shape index (κ1) is 11.7. The number of hydrogen-bond donors (Lipinski definition) is 2. The van der Waals surface area contributed by atoms with Gasteiger partial charge in [-0.05, 0) is 37.5 Å². The topological polar surface area (TPSA) is 32.3 Å². The van der Waals surface area contributed by atoms with Gasteiger partial charge in [-0.2, -0.15) is 5.48 Å². The zero-order chi connectivity index (χ0) is 10.9. The molecule has 0 fully saturated rings. The van der Waals surface area contributed by atoms with Gasteiger partial charge in [-0.15, -0.1) is 5.73 Å². The summed E-state index contributed by atoms with van der Waals surface area (Å²) in [6, 6.07) is 10.2. The lowest BCUT2D eigenvalue weighted by Gasteiger charge is -2.08. The van der Waals surface area contributed by atoms with E-state index in [1.165, 1.54) is 5.56 Å². The predicted molar refractivity (Wildman–Crippen MR) is 61.8 cm³/mol. The fourth-order valence-electron chi connectivity index (χ4n) is 1.36. The minimum absolute atomic E-state index is 0.0265. The van der Waals surface area contributed by atoms with Crippen LogP contribution in [-0.2, 0) is 6.42 Å². The molecule has 1 aromatic rings. The summed E-state index contributed by atoms with van der Waals surface area (Å²) < 4.78 is 0. The Morgan fingerprint density at radius 1 is 1.40 bits per heavy atom. The maximum atomic E-state index is 8.90. The molecule has 0 aliphatic rings. The third-order valence-corrected chi connectivity index (χ3v) is 2.22. The summed E-state index contributed by atoms with van der Waals surface area (Å²) in [5.41, 5.74) is 6.52. The predicted octanol–water partition coefficient (Wildman–Crippen LogP) is 2.70. The Hall–Kier alpha value is -1.34. The molecule has 80 valence electrons. The van der Waals surface area contributed by atoms with Gasteiger partial charge >= 0.3 is 0 Å². The molecule has 2 N–H and O–H groups in total. The molecule has 2 heteroatoms. The first-order valence-electron chi connectivity index (χ1n) is 5.17. The fraction of sp³-hybridized carbons (Fsp3) is 0.308. The van der Waals surface area contributed by atoms with Crippen LogP contribution >= 0.6 is 0 Å². The molecule has 0 aliphatic heterocycles. The van der Waals surface area contributed by atoms with Crippen LogP contribution in [0.3, 0.4) is 0 Å². The lowest BCUT2D eigenvalue weighted by atomic mass is 10.1. The zero-order valence-corrected chi connectivity index (χ0v) is 8.98. The van der Waals surface area contributed by atoms with Gasteiger partial charge in [0.2, 0.25) is 0 Å². The molecule has 0 heterocycles. The molecule has 1 atom stereocenters. The van der Waals surface area contributed by atoms with Crippen molar-refractivity contribution in [3.63, 3.8) is 0 Å². The van der Waals surface area contributed by atoms with Crippen LogP contribution in [0.4, 0.5) is 0 Å². The molecule has 0 unspecified atom stereocenters. The Kier molecular flexibility index (Phi) is 5.49. The Bertz CT molecular complexity index is 326. The van der Waals surface area contributed by atoms with Crippen molar-refractivity contribution in [3.05, 3.63) is 53.8 Å². The minimum Gasteiger partial charge on any atom is -0.316 e. The highest BCUT2D eigenvalue weighted by Crippen LogP contribution is 2.05. The minimum atomic E-state index is -0.0265. The number of rotatable bonds is 5. The molecule has 1 rings (SSSR count). The molecule has 0 aliphatic carbocycles. The van der Waals surface area contributed by atoms with Crippen LogP contribution in [0.25, 0.3) is 0 Å². The summed E-state index contributed by atoms with van der Waals surface area (Å²) >= 11 is 0. The summed E-state index contributed by atoms with van der Waals surface area (Å²) in [7, 11) is 0. The van der Waals surface area contributed by atoms with E-state index in [4.69, 9.17) is 5.21 Å². The first-order chi connectivity index (χ1) is 7.36. The van der Waals surface area contributed by atoms with E-state index in [1.54, 1.807) is 0 Å². The largest absolute Gasteiger partial charge is 0.316 e. The van der Waals surface area contributed by atoms with E-state index in [0.29, 0.717) is 0 Å². The van der Waals surface area contributed by atoms with Gasteiger partial charge in [0.05, 0.1) is 6.04 Å². The van der Waals surface area contributed by atoms with Gasteiger partial charge in [-0.25, -0.2) is 0 Å². The van der Waals surface area contributed by atoms with Gasteiger partial charge in [0, 0.05) is 0 Å². The highest BCUT2D eigenvalue weighted by Gasteiger charge is 2.02. The van der Waals surface area contributed by atoms with Gasteiger partial charge in [0.25, 0.3) is 0 Å². The molecule has 0 saturated heterocycles. The number of aryl methyl sites for hydroxylation is 1. The van der Waals surface area contributed by atoms with Crippen LogP contribution in [0.1, 0.15) is 18.9 Å². The molecule has 0 spiro atoms. The van der Waals surface area contributed by atoms with Crippen molar-refractivity contribution in [2.45, 2.75) is 25.8 Å². The number of nitrogens with one attached hydrogen (secondary N) is 1. The maximum Gasteiger partial charge on any atom is 0.0576 e. The highest BCUT2D eigenvalue weighted by atomic mass is 16.5. The first-order valence-corrected chi connectivity index (χ1v) is 5.17. The highest BCUT2D eigenvalue weighted by molar-refractivity contribution is 5.15. The Labute approximate surface area is 90.9 Å². The van der Waals surface area contributed by atoms with E-state index < -0.39 is 0 Å². The average molecular weight is 203 g/mol. The van der Waals surface area contributed by atoms with E-state index in [0.717, 1.165) is 12.8 Å². The summed E-state index contributed by atoms with van der Waals surface area (Å²) in [6.45, 7) is 1.90. The standard InChI is InChI=1S/C13H17NO/c1-2-3-9-13(14-15)11-10-12-7-5-4-6-8-12/h2,4-9,13-15H,10-11H2,1H3/t3?,13-/m1/s1. The van der Waals surface area contributed by atoms with Crippen LogP contribution in [0.5, 0.6) is 0 Å². The van der Waals surface area contributed by atoms with Gasteiger partial charge in [-0.1, -0.05) is 30.3 Å². The van der Waals surface area contributed by atoms with Gasteiger partial charge < -0.3 is 5.21 Å². The van der Waals surface area contributed by atoms with Crippen molar-refractivity contribution in [1.82, 2.24) is 5.48 Å². The van der Waals surface area contributed by atoms with Gasteiger partial charge in [0.1, 0.15) is 0 Å². The monoisotopic (exact) mass is 203 g/mol. The molecule has 2 nitrogen and oxygen atoms in total. The second kappa shape index (κ2) is 7.02. The second-order valence-electron chi connectivity index (χ2n) is 3.38. The van der Waals surface area contributed by atoms with E-state index in [-0.39, 0.29) is 6.04 Å². The van der Waals surface area contributed by atoms with Crippen LogP contribution < -0.4 is 5.48 Å². The summed E-state index contributed by atoms with van der Waals surface area (Å²) in [6.07, 6.45) is 5.47. The number of hydroxylamine groups is 1. The molecular formula is C13H17NO. The molecule has 0 radical (unpaired) electrons. The number of hydrogen-bond acceptors (Lipinski definition) is 2. The van der Waals surface area contributed by atoms with E-state index in [1.807, 2.05) is 37.3 Å². The maximum absolute atomic E-state index is 8.90. The summed E-state index contributed by atoms with van der Waals surface area (Å²) in [4.78, 5) is 0. The molecule has 0 amide bonds. The van der Waals surface area contributed by atoms with Crippen molar-refractivity contribution in [2.75, 3.05) is 0 Å². The smallest absolute Gasteiger partial charge is 0.0576 e. The third kappa shape index (κ3) is 4.61. The summed E-state index contributed by atoms with van der Waals surface area (Å²) in [5.74, 6) is 0. The zero-order valence-electron chi connectivity index (χ0n) is 8.98. The molecular weight excluding hydrogens is 186 g/mol. The molecule has 15 heavy (non-hydrogen) atoms. The molecule has 0 bridgehead atoms. The van der Waals surface area contributed by atoms with E-state index in [9.17, 15) is 0 Å². The Morgan fingerprint density at radius 3 is 2.73 bits per heavy atom. The normalized spacial score (nSPS) is 11.6.